The molecule has 0 bridgehead atoms. The molecule has 24 heavy (non-hydrogen) atoms. The molecule has 4 nitrogen and oxygen atoms in total. The molecular formula is C17H12Br2N2O2S. The van der Waals surface area contributed by atoms with Gasteiger partial charge in [-0.05, 0) is 36.4 Å². The van der Waals surface area contributed by atoms with Crippen LogP contribution in [-0.2, 0) is 4.79 Å². The first-order valence-electron chi connectivity index (χ1n) is 7.00. The van der Waals surface area contributed by atoms with E-state index in [1.165, 1.54) is 11.3 Å². The molecule has 1 amide bonds. The van der Waals surface area contributed by atoms with Gasteiger partial charge in [0, 0.05) is 19.9 Å². The fourth-order valence-electron chi connectivity index (χ4n) is 1.95. The summed E-state index contributed by atoms with van der Waals surface area (Å²) in [6.07, 6.45) is 0. The average molecular weight is 468 g/mol. The van der Waals surface area contributed by atoms with Crippen molar-refractivity contribution in [3.05, 3.63) is 62.9 Å². The molecule has 0 spiro atoms. The minimum absolute atomic E-state index is 0.0621. The number of amides is 1. The summed E-state index contributed by atoms with van der Waals surface area (Å²) in [6.45, 7) is -0.0621. The second-order valence-electron chi connectivity index (χ2n) is 4.84. The van der Waals surface area contributed by atoms with E-state index >= 15 is 0 Å². The summed E-state index contributed by atoms with van der Waals surface area (Å²) in [5.41, 5.74) is 1.82. The molecular weight excluding hydrogens is 456 g/mol. The van der Waals surface area contributed by atoms with Crippen LogP contribution >= 0.6 is 43.2 Å². The van der Waals surface area contributed by atoms with Gasteiger partial charge in [0.05, 0.1) is 5.69 Å². The lowest BCUT2D eigenvalue weighted by Gasteiger charge is -2.05. The van der Waals surface area contributed by atoms with Crippen molar-refractivity contribution in [2.24, 2.45) is 0 Å². The van der Waals surface area contributed by atoms with Crippen molar-refractivity contribution in [1.82, 2.24) is 4.98 Å². The Morgan fingerprint density at radius 1 is 1.12 bits per heavy atom. The monoisotopic (exact) mass is 466 g/mol. The number of nitrogens with one attached hydrogen (secondary N) is 1. The molecule has 0 saturated heterocycles. The van der Waals surface area contributed by atoms with Gasteiger partial charge in [0.2, 0.25) is 0 Å². The predicted molar refractivity (Wildman–Crippen MR) is 104 cm³/mol. The highest BCUT2D eigenvalue weighted by atomic mass is 79.9. The van der Waals surface area contributed by atoms with Crippen molar-refractivity contribution in [3.8, 4) is 17.0 Å². The second kappa shape index (κ2) is 7.92. The minimum atomic E-state index is -0.243. The van der Waals surface area contributed by atoms with Gasteiger partial charge in [-0.15, -0.1) is 11.3 Å². The number of hydrogen-bond donors (Lipinski definition) is 1. The van der Waals surface area contributed by atoms with Crippen LogP contribution in [0.4, 0.5) is 5.13 Å². The van der Waals surface area contributed by atoms with Gasteiger partial charge in [-0.3, -0.25) is 10.1 Å². The van der Waals surface area contributed by atoms with Crippen LogP contribution in [0.15, 0.2) is 62.9 Å². The van der Waals surface area contributed by atoms with Crippen LogP contribution in [0.1, 0.15) is 0 Å². The molecule has 3 rings (SSSR count). The van der Waals surface area contributed by atoms with Crippen molar-refractivity contribution in [2.45, 2.75) is 0 Å². The first kappa shape index (κ1) is 17.1. The van der Waals surface area contributed by atoms with E-state index in [1.807, 2.05) is 41.8 Å². The van der Waals surface area contributed by atoms with E-state index in [1.54, 1.807) is 12.1 Å². The van der Waals surface area contributed by atoms with E-state index in [4.69, 9.17) is 4.74 Å². The number of carbonyl (C=O) groups is 1. The third kappa shape index (κ3) is 4.66. The highest BCUT2D eigenvalue weighted by Gasteiger charge is 2.09. The zero-order chi connectivity index (χ0) is 16.9. The average Bonchev–Trinajstić information content (AvgIpc) is 3.03. The highest BCUT2D eigenvalue weighted by Crippen LogP contribution is 2.26. The lowest BCUT2D eigenvalue weighted by atomic mass is 10.2. The first-order chi connectivity index (χ1) is 11.6. The summed E-state index contributed by atoms with van der Waals surface area (Å²) in [4.78, 5) is 16.4. The van der Waals surface area contributed by atoms with E-state index in [9.17, 15) is 4.79 Å². The molecule has 0 aliphatic carbocycles. The van der Waals surface area contributed by atoms with E-state index in [0.717, 1.165) is 20.2 Å². The summed E-state index contributed by atoms with van der Waals surface area (Å²) in [5, 5.41) is 5.21. The second-order valence-corrected chi connectivity index (χ2v) is 7.53. The van der Waals surface area contributed by atoms with Gasteiger partial charge >= 0.3 is 0 Å². The van der Waals surface area contributed by atoms with Crippen LogP contribution in [0.5, 0.6) is 5.75 Å². The lowest BCUT2D eigenvalue weighted by Crippen LogP contribution is -2.20. The summed E-state index contributed by atoms with van der Waals surface area (Å²) in [5.74, 6) is 0.398. The van der Waals surface area contributed by atoms with Crippen LogP contribution in [0, 0.1) is 0 Å². The number of halogens is 2. The topological polar surface area (TPSA) is 51.2 Å². The Morgan fingerprint density at radius 3 is 2.67 bits per heavy atom. The Balaban J connectivity index is 1.58. The van der Waals surface area contributed by atoms with Gasteiger partial charge in [0.25, 0.3) is 5.91 Å². The van der Waals surface area contributed by atoms with Gasteiger partial charge in [-0.25, -0.2) is 4.98 Å². The van der Waals surface area contributed by atoms with E-state index in [0.29, 0.717) is 10.9 Å². The molecule has 7 heteroatoms. The van der Waals surface area contributed by atoms with E-state index in [-0.39, 0.29) is 12.5 Å². The molecule has 3 aromatic rings. The molecule has 0 atom stereocenters. The van der Waals surface area contributed by atoms with Crippen molar-refractivity contribution >= 4 is 54.2 Å². The number of carbonyl (C=O) groups excluding carboxylic acids is 1. The molecule has 0 unspecified atom stereocenters. The van der Waals surface area contributed by atoms with Gasteiger partial charge in [0.1, 0.15) is 5.75 Å². The standard InChI is InChI=1S/C17H12Br2N2O2S/c18-12-4-6-14(7-5-12)23-9-16(22)21-17-20-15(10-24-17)11-2-1-3-13(19)8-11/h1-8,10H,9H2,(H,20,21,22). The number of benzene rings is 2. The Hall–Kier alpha value is -1.70. The Morgan fingerprint density at radius 2 is 1.92 bits per heavy atom. The maximum absolute atomic E-state index is 12.0. The summed E-state index contributed by atoms with van der Waals surface area (Å²) in [7, 11) is 0. The third-order valence-electron chi connectivity index (χ3n) is 3.05. The van der Waals surface area contributed by atoms with E-state index < -0.39 is 0 Å². The number of rotatable bonds is 5. The summed E-state index contributed by atoms with van der Waals surface area (Å²) < 4.78 is 7.39. The van der Waals surface area contributed by atoms with Crippen molar-refractivity contribution in [3.63, 3.8) is 0 Å². The van der Waals surface area contributed by atoms with E-state index in [2.05, 4.69) is 42.2 Å². The zero-order valence-corrected chi connectivity index (χ0v) is 16.3. The molecule has 0 fully saturated rings. The van der Waals surface area contributed by atoms with Crippen LogP contribution in [0.25, 0.3) is 11.3 Å². The van der Waals surface area contributed by atoms with Gasteiger partial charge in [-0.1, -0.05) is 44.0 Å². The third-order valence-corrected chi connectivity index (χ3v) is 4.83. The van der Waals surface area contributed by atoms with Crippen LogP contribution in [-0.4, -0.2) is 17.5 Å². The fourth-order valence-corrected chi connectivity index (χ4v) is 3.35. The zero-order valence-electron chi connectivity index (χ0n) is 12.3. The number of ether oxygens (including phenoxy) is 1. The molecule has 0 saturated carbocycles. The molecule has 1 N–H and O–H groups in total. The molecule has 0 aliphatic rings. The van der Waals surface area contributed by atoms with Crippen molar-refractivity contribution < 1.29 is 9.53 Å². The number of anilines is 1. The van der Waals surface area contributed by atoms with Crippen LogP contribution in [0.3, 0.4) is 0 Å². The fraction of sp³-hybridized carbons (Fsp3) is 0.0588. The van der Waals surface area contributed by atoms with Crippen molar-refractivity contribution in [2.75, 3.05) is 11.9 Å². The number of hydrogen-bond acceptors (Lipinski definition) is 4. The molecule has 122 valence electrons. The first-order valence-corrected chi connectivity index (χ1v) is 9.46. The molecule has 1 heterocycles. The largest absolute Gasteiger partial charge is 0.484 e. The Kier molecular flexibility index (Phi) is 5.65. The minimum Gasteiger partial charge on any atom is -0.484 e. The maximum atomic E-state index is 12.0. The highest BCUT2D eigenvalue weighted by molar-refractivity contribution is 9.10. The number of thiazole rings is 1. The molecule has 2 aromatic carbocycles. The van der Waals surface area contributed by atoms with Crippen LogP contribution in [0.2, 0.25) is 0 Å². The number of nitrogens with zero attached hydrogens (tertiary/aromatic N) is 1. The SMILES string of the molecule is O=C(COc1ccc(Br)cc1)Nc1nc(-c2cccc(Br)c2)cs1. The normalized spacial score (nSPS) is 10.4. The summed E-state index contributed by atoms with van der Waals surface area (Å²) >= 11 is 8.17. The predicted octanol–water partition coefficient (Wildman–Crippen LogP) is 5.35. The molecule has 0 aliphatic heterocycles. The van der Waals surface area contributed by atoms with Gasteiger partial charge in [-0.2, -0.15) is 0 Å². The van der Waals surface area contributed by atoms with Crippen molar-refractivity contribution in [1.29, 1.82) is 0 Å². The van der Waals surface area contributed by atoms with Gasteiger partial charge in [0.15, 0.2) is 11.7 Å². The van der Waals surface area contributed by atoms with Crippen LogP contribution < -0.4 is 10.1 Å². The smallest absolute Gasteiger partial charge is 0.264 e. The number of aromatic nitrogens is 1. The quantitative estimate of drug-likeness (QED) is 0.550. The molecule has 1 aromatic heterocycles. The Labute approximate surface area is 160 Å². The molecule has 0 radical (unpaired) electrons. The maximum Gasteiger partial charge on any atom is 0.264 e. The Bertz CT molecular complexity index is 850. The summed E-state index contributed by atoms with van der Waals surface area (Å²) in [6, 6.07) is 15.2. The van der Waals surface area contributed by atoms with Gasteiger partial charge < -0.3 is 4.74 Å². The lowest BCUT2D eigenvalue weighted by molar-refractivity contribution is -0.118.